The van der Waals surface area contributed by atoms with Gasteiger partial charge in [0, 0.05) is 6.54 Å². The van der Waals surface area contributed by atoms with E-state index in [0.29, 0.717) is 5.92 Å². The molecule has 0 amide bonds. The molecule has 0 aliphatic carbocycles. The molecule has 1 aliphatic rings. The fraction of sp³-hybridized carbons (Fsp3) is 0.538. The number of benzene rings is 1. The molecule has 0 bridgehead atoms. The highest BCUT2D eigenvalue weighted by Crippen LogP contribution is 2.25. The highest BCUT2D eigenvalue weighted by Gasteiger charge is 2.15. The first-order valence-electron chi connectivity index (χ1n) is 5.83. The van der Waals surface area contributed by atoms with Crippen LogP contribution >= 0.6 is 0 Å². The van der Waals surface area contributed by atoms with Gasteiger partial charge < -0.3 is 10.1 Å². The van der Waals surface area contributed by atoms with Crippen LogP contribution in [-0.4, -0.2) is 19.7 Å². The SMILES string of the molecule is CCOc1cccc([C@@H]2CCCNC2)c1. The van der Waals surface area contributed by atoms with E-state index >= 15 is 0 Å². The fourth-order valence-corrected chi connectivity index (χ4v) is 2.16. The van der Waals surface area contributed by atoms with Crippen LogP contribution in [0.25, 0.3) is 0 Å². The van der Waals surface area contributed by atoms with E-state index < -0.39 is 0 Å². The van der Waals surface area contributed by atoms with Gasteiger partial charge in [0.05, 0.1) is 6.61 Å². The highest BCUT2D eigenvalue weighted by molar-refractivity contribution is 5.31. The summed E-state index contributed by atoms with van der Waals surface area (Å²) in [6.07, 6.45) is 2.58. The molecule has 0 unspecified atom stereocenters. The quantitative estimate of drug-likeness (QED) is 0.818. The Morgan fingerprint density at radius 1 is 1.47 bits per heavy atom. The van der Waals surface area contributed by atoms with Crippen molar-refractivity contribution in [2.24, 2.45) is 0 Å². The number of nitrogens with one attached hydrogen (secondary N) is 1. The Hall–Kier alpha value is -1.02. The number of hydrogen-bond acceptors (Lipinski definition) is 2. The molecule has 2 rings (SSSR count). The molecule has 0 saturated carbocycles. The van der Waals surface area contributed by atoms with Gasteiger partial charge in [-0.05, 0) is 49.9 Å². The maximum Gasteiger partial charge on any atom is 0.119 e. The number of hydrogen-bond donors (Lipinski definition) is 1. The van der Waals surface area contributed by atoms with Crippen LogP contribution in [0.1, 0.15) is 31.2 Å². The molecule has 1 aromatic rings. The van der Waals surface area contributed by atoms with E-state index in [1.165, 1.54) is 24.9 Å². The molecule has 1 aliphatic heterocycles. The van der Waals surface area contributed by atoms with Crippen LogP contribution in [0.5, 0.6) is 5.75 Å². The van der Waals surface area contributed by atoms with Crippen LogP contribution in [0.3, 0.4) is 0 Å². The summed E-state index contributed by atoms with van der Waals surface area (Å²) in [5, 5.41) is 3.44. The Bertz CT molecular complexity index is 305. The Labute approximate surface area is 91.6 Å². The van der Waals surface area contributed by atoms with Gasteiger partial charge in [0.1, 0.15) is 5.75 Å². The molecular formula is C13H19NO. The van der Waals surface area contributed by atoms with Crippen LogP contribution in [-0.2, 0) is 0 Å². The summed E-state index contributed by atoms with van der Waals surface area (Å²) in [4.78, 5) is 0. The molecule has 0 radical (unpaired) electrons. The van der Waals surface area contributed by atoms with Crippen molar-refractivity contribution >= 4 is 0 Å². The van der Waals surface area contributed by atoms with E-state index in [9.17, 15) is 0 Å². The average Bonchev–Trinajstić information content (AvgIpc) is 2.31. The second kappa shape index (κ2) is 5.17. The Morgan fingerprint density at radius 3 is 3.13 bits per heavy atom. The lowest BCUT2D eigenvalue weighted by molar-refractivity contribution is 0.339. The molecule has 15 heavy (non-hydrogen) atoms. The molecule has 2 nitrogen and oxygen atoms in total. The average molecular weight is 205 g/mol. The van der Waals surface area contributed by atoms with Crippen molar-refractivity contribution in [1.29, 1.82) is 0 Å². The van der Waals surface area contributed by atoms with Gasteiger partial charge in [-0.3, -0.25) is 0 Å². The first-order chi connectivity index (χ1) is 7.40. The van der Waals surface area contributed by atoms with Crippen molar-refractivity contribution in [2.45, 2.75) is 25.7 Å². The molecule has 1 N–H and O–H groups in total. The van der Waals surface area contributed by atoms with Gasteiger partial charge in [0.15, 0.2) is 0 Å². The summed E-state index contributed by atoms with van der Waals surface area (Å²) in [6, 6.07) is 8.51. The summed E-state index contributed by atoms with van der Waals surface area (Å²) in [5.74, 6) is 1.67. The van der Waals surface area contributed by atoms with E-state index in [4.69, 9.17) is 4.74 Å². The van der Waals surface area contributed by atoms with E-state index in [-0.39, 0.29) is 0 Å². The lowest BCUT2D eigenvalue weighted by atomic mass is 9.92. The van der Waals surface area contributed by atoms with Crippen molar-refractivity contribution < 1.29 is 4.74 Å². The summed E-state index contributed by atoms with van der Waals surface area (Å²) < 4.78 is 5.52. The third-order valence-corrected chi connectivity index (χ3v) is 2.94. The smallest absolute Gasteiger partial charge is 0.119 e. The summed E-state index contributed by atoms with van der Waals surface area (Å²) in [6.45, 7) is 5.04. The molecule has 1 saturated heterocycles. The monoisotopic (exact) mass is 205 g/mol. The minimum atomic E-state index is 0.666. The maximum atomic E-state index is 5.52. The van der Waals surface area contributed by atoms with Gasteiger partial charge in [-0.15, -0.1) is 0 Å². The normalized spacial score (nSPS) is 21.3. The number of ether oxygens (including phenoxy) is 1. The lowest BCUT2D eigenvalue weighted by Crippen LogP contribution is -2.28. The minimum Gasteiger partial charge on any atom is -0.494 e. The van der Waals surface area contributed by atoms with E-state index in [1.54, 1.807) is 0 Å². The second-order valence-corrected chi connectivity index (χ2v) is 4.05. The second-order valence-electron chi connectivity index (χ2n) is 4.05. The van der Waals surface area contributed by atoms with Crippen LogP contribution < -0.4 is 10.1 Å². The van der Waals surface area contributed by atoms with Crippen LogP contribution in [0.15, 0.2) is 24.3 Å². The van der Waals surface area contributed by atoms with E-state index in [0.717, 1.165) is 18.9 Å². The Kier molecular flexibility index (Phi) is 3.62. The van der Waals surface area contributed by atoms with Gasteiger partial charge in [-0.25, -0.2) is 0 Å². The fourth-order valence-electron chi connectivity index (χ4n) is 2.16. The van der Waals surface area contributed by atoms with Crippen molar-refractivity contribution in [3.05, 3.63) is 29.8 Å². The summed E-state index contributed by atoms with van der Waals surface area (Å²) in [5.41, 5.74) is 1.41. The molecule has 1 fully saturated rings. The standard InChI is InChI=1S/C13H19NO/c1-2-15-13-7-3-5-11(9-13)12-6-4-8-14-10-12/h3,5,7,9,12,14H,2,4,6,8,10H2,1H3/t12-/m1/s1. The predicted octanol–water partition coefficient (Wildman–Crippen LogP) is 2.55. The minimum absolute atomic E-state index is 0.666. The third-order valence-electron chi connectivity index (χ3n) is 2.94. The third kappa shape index (κ3) is 2.72. The first-order valence-corrected chi connectivity index (χ1v) is 5.83. The molecule has 0 aromatic heterocycles. The molecule has 1 atom stereocenters. The van der Waals surface area contributed by atoms with Crippen molar-refractivity contribution in [3.63, 3.8) is 0 Å². The van der Waals surface area contributed by atoms with Gasteiger partial charge in [0.25, 0.3) is 0 Å². The van der Waals surface area contributed by atoms with Crippen molar-refractivity contribution in [1.82, 2.24) is 5.32 Å². The topological polar surface area (TPSA) is 21.3 Å². The van der Waals surface area contributed by atoms with E-state index in [1.807, 2.05) is 13.0 Å². The molecule has 1 heterocycles. The predicted molar refractivity (Wildman–Crippen MR) is 62.5 cm³/mol. The molecule has 1 aromatic carbocycles. The summed E-state index contributed by atoms with van der Waals surface area (Å²) in [7, 11) is 0. The molecule has 0 spiro atoms. The maximum absolute atomic E-state index is 5.52. The zero-order valence-corrected chi connectivity index (χ0v) is 9.33. The zero-order chi connectivity index (χ0) is 10.5. The molecule has 82 valence electrons. The van der Waals surface area contributed by atoms with Gasteiger partial charge in [-0.1, -0.05) is 12.1 Å². The summed E-state index contributed by atoms with van der Waals surface area (Å²) >= 11 is 0. The Balaban J connectivity index is 2.09. The van der Waals surface area contributed by atoms with Crippen LogP contribution in [0.4, 0.5) is 0 Å². The lowest BCUT2D eigenvalue weighted by Gasteiger charge is -2.23. The first kappa shape index (κ1) is 10.5. The Morgan fingerprint density at radius 2 is 2.40 bits per heavy atom. The van der Waals surface area contributed by atoms with Crippen LogP contribution in [0, 0.1) is 0 Å². The zero-order valence-electron chi connectivity index (χ0n) is 9.33. The van der Waals surface area contributed by atoms with Crippen molar-refractivity contribution in [2.75, 3.05) is 19.7 Å². The van der Waals surface area contributed by atoms with Crippen molar-refractivity contribution in [3.8, 4) is 5.75 Å². The largest absolute Gasteiger partial charge is 0.494 e. The van der Waals surface area contributed by atoms with Gasteiger partial charge in [-0.2, -0.15) is 0 Å². The van der Waals surface area contributed by atoms with Gasteiger partial charge in [0.2, 0.25) is 0 Å². The van der Waals surface area contributed by atoms with Crippen LogP contribution in [0.2, 0.25) is 0 Å². The molecular weight excluding hydrogens is 186 g/mol. The molecule has 2 heteroatoms. The van der Waals surface area contributed by atoms with Gasteiger partial charge >= 0.3 is 0 Å². The number of rotatable bonds is 3. The number of piperidine rings is 1. The highest BCUT2D eigenvalue weighted by atomic mass is 16.5. The van der Waals surface area contributed by atoms with E-state index in [2.05, 4.69) is 23.5 Å².